The van der Waals surface area contributed by atoms with Crippen molar-refractivity contribution in [2.75, 3.05) is 5.32 Å². The number of amides is 1. The average molecular weight is 409 g/mol. The second-order valence-electron chi connectivity index (χ2n) is 5.97. The van der Waals surface area contributed by atoms with E-state index in [0.717, 1.165) is 0 Å². The van der Waals surface area contributed by atoms with Crippen LogP contribution in [-0.2, 0) is 4.79 Å². The van der Waals surface area contributed by atoms with E-state index < -0.39 is 5.25 Å². The van der Waals surface area contributed by atoms with Crippen LogP contribution in [0.25, 0.3) is 16.6 Å². The number of para-hydroxylation sites is 2. The summed E-state index contributed by atoms with van der Waals surface area (Å²) in [5.41, 5.74) is 1.15. The first-order chi connectivity index (χ1) is 13.6. The summed E-state index contributed by atoms with van der Waals surface area (Å²) in [7, 11) is 0. The fourth-order valence-electron chi connectivity index (χ4n) is 2.70. The van der Waals surface area contributed by atoms with E-state index in [-0.39, 0.29) is 11.5 Å². The van der Waals surface area contributed by atoms with E-state index in [9.17, 15) is 9.59 Å². The second-order valence-corrected chi connectivity index (χ2v) is 8.18. The number of thiazole rings is 1. The zero-order valence-electron chi connectivity index (χ0n) is 14.9. The largest absolute Gasteiger partial charge is 0.301 e. The molecule has 0 saturated carbocycles. The van der Waals surface area contributed by atoms with Crippen LogP contribution in [0.4, 0.5) is 5.13 Å². The molecule has 0 aliphatic rings. The molecule has 1 unspecified atom stereocenters. The first-order valence-corrected chi connectivity index (χ1v) is 10.3. The number of thioether (sulfide) groups is 1. The molecule has 140 valence electrons. The molecule has 0 fully saturated rings. The number of hydrogen-bond donors (Lipinski definition) is 1. The number of aromatic nitrogens is 3. The van der Waals surface area contributed by atoms with Crippen LogP contribution < -0.4 is 10.9 Å². The summed E-state index contributed by atoms with van der Waals surface area (Å²) in [5, 5.41) is 5.67. The van der Waals surface area contributed by atoms with Crippen molar-refractivity contribution in [3.8, 4) is 5.69 Å². The Morgan fingerprint density at radius 2 is 1.89 bits per heavy atom. The molecule has 2 aromatic carbocycles. The summed E-state index contributed by atoms with van der Waals surface area (Å²) >= 11 is 2.60. The van der Waals surface area contributed by atoms with Gasteiger partial charge in [-0.3, -0.25) is 14.2 Å². The van der Waals surface area contributed by atoms with Gasteiger partial charge >= 0.3 is 0 Å². The maximum Gasteiger partial charge on any atom is 0.266 e. The maximum atomic E-state index is 13.2. The molecule has 4 rings (SSSR count). The highest BCUT2D eigenvalue weighted by molar-refractivity contribution is 8.00. The lowest BCUT2D eigenvalue weighted by molar-refractivity contribution is -0.115. The van der Waals surface area contributed by atoms with Crippen molar-refractivity contribution >= 4 is 45.0 Å². The van der Waals surface area contributed by atoms with E-state index in [1.165, 1.54) is 23.1 Å². The zero-order chi connectivity index (χ0) is 19.5. The number of rotatable bonds is 5. The van der Waals surface area contributed by atoms with Crippen molar-refractivity contribution < 1.29 is 4.79 Å². The van der Waals surface area contributed by atoms with Gasteiger partial charge in [0.15, 0.2) is 10.3 Å². The lowest BCUT2D eigenvalue weighted by atomic mass is 10.2. The maximum absolute atomic E-state index is 13.2. The highest BCUT2D eigenvalue weighted by Gasteiger charge is 2.20. The van der Waals surface area contributed by atoms with E-state index in [1.54, 1.807) is 35.2 Å². The van der Waals surface area contributed by atoms with E-state index in [2.05, 4.69) is 15.3 Å². The number of benzene rings is 2. The Balaban J connectivity index is 1.75. The standard InChI is InChI=1S/C20H16N4O2S2/c1-13(17(25)23-19-21-11-12-27-19)28-20-22-16-10-6-5-9-15(16)18(26)24(20)14-7-3-2-4-8-14/h2-13H,1H3,(H,21,23,25). The average Bonchev–Trinajstić information content (AvgIpc) is 3.22. The van der Waals surface area contributed by atoms with Crippen molar-refractivity contribution in [2.24, 2.45) is 0 Å². The van der Waals surface area contributed by atoms with Gasteiger partial charge in [0.1, 0.15) is 0 Å². The first kappa shape index (κ1) is 18.4. The number of anilines is 1. The molecule has 6 nitrogen and oxygen atoms in total. The molecule has 0 aliphatic carbocycles. The monoisotopic (exact) mass is 408 g/mol. The summed E-state index contributed by atoms with van der Waals surface area (Å²) in [6.45, 7) is 1.78. The van der Waals surface area contributed by atoms with Gasteiger partial charge in [-0.15, -0.1) is 11.3 Å². The number of carbonyl (C=O) groups excluding carboxylic acids is 1. The summed E-state index contributed by atoms with van der Waals surface area (Å²) in [6, 6.07) is 16.5. The van der Waals surface area contributed by atoms with Gasteiger partial charge in [0, 0.05) is 11.6 Å². The molecule has 4 aromatic rings. The van der Waals surface area contributed by atoms with E-state index in [0.29, 0.717) is 26.9 Å². The molecular weight excluding hydrogens is 392 g/mol. The summed E-state index contributed by atoms with van der Waals surface area (Å²) in [6.07, 6.45) is 1.63. The molecular formula is C20H16N4O2S2. The van der Waals surface area contributed by atoms with Crippen LogP contribution in [0, 0.1) is 0 Å². The zero-order valence-corrected chi connectivity index (χ0v) is 16.5. The molecule has 1 amide bonds. The van der Waals surface area contributed by atoms with Crippen LogP contribution >= 0.6 is 23.1 Å². The van der Waals surface area contributed by atoms with Crippen LogP contribution in [0.3, 0.4) is 0 Å². The van der Waals surface area contributed by atoms with Crippen LogP contribution in [0.15, 0.2) is 76.1 Å². The molecule has 0 spiro atoms. The van der Waals surface area contributed by atoms with Crippen LogP contribution in [0.5, 0.6) is 0 Å². The minimum atomic E-state index is -0.466. The third-order valence-corrected chi connectivity index (χ3v) is 5.81. The number of nitrogens with one attached hydrogen (secondary N) is 1. The summed E-state index contributed by atoms with van der Waals surface area (Å²) < 4.78 is 1.56. The lowest BCUT2D eigenvalue weighted by Crippen LogP contribution is -2.26. The van der Waals surface area contributed by atoms with Crippen LogP contribution in [0.2, 0.25) is 0 Å². The van der Waals surface area contributed by atoms with Crippen molar-refractivity contribution in [1.29, 1.82) is 0 Å². The highest BCUT2D eigenvalue weighted by Crippen LogP contribution is 2.26. The molecule has 2 heterocycles. The van der Waals surface area contributed by atoms with E-state index in [4.69, 9.17) is 0 Å². The summed E-state index contributed by atoms with van der Waals surface area (Å²) in [5.74, 6) is -0.193. The fraction of sp³-hybridized carbons (Fsp3) is 0.100. The Bertz CT molecular complexity index is 1170. The van der Waals surface area contributed by atoms with Gasteiger partial charge in [-0.05, 0) is 31.2 Å². The number of nitrogens with zero attached hydrogens (tertiary/aromatic N) is 3. The molecule has 2 aromatic heterocycles. The Labute approximate surface area is 169 Å². The van der Waals surface area contributed by atoms with Gasteiger partial charge in [-0.25, -0.2) is 9.97 Å². The molecule has 0 saturated heterocycles. The summed E-state index contributed by atoms with van der Waals surface area (Å²) in [4.78, 5) is 34.4. The van der Waals surface area contributed by atoms with E-state index >= 15 is 0 Å². The molecule has 0 radical (unpaired) electrons. The second kappa shape index (κ2) is 7.95. The predicted molar refractivity (Wildman–Crippen MR) is 113 cm³/mol. The highest BCUT2D eigenvalue weighted by atomic mass is 32.2. The molecule has 1 atom stereocenters. The Hall–Kier alpha value is -2.97. The number of hydrogen-bond acceptors (Lipinski definition) is 6. The SMILES string of the molecule is CC(Sc1nc2ccccc2c(=O)n1-c1ccccc1)C(=O)Nc1nccs1. The lowest BCUT2D eigenvalue weighted by Gasteiger charge is -2.16. The molecule has 1 N–H and O–H groups in total. The third kappa shape index (κ3) is 3.69. The van der Waals surface area contributed by atoms with Crippen LogP contribution in [-0.4, -0.2) is 25.7 Å². The molecule has 0 bridgehead atoms. The topological polar surface area (TPSA) is 76.9 Å². The van der Waals surface area contributed by atoms with E-state index in [1.807, 2.05) is 42.5 Å². The van der Waals surface area contributed by atoms with Crippen molar-refractivity contribution in [3.05, 3.63) is 76.5 Å². The third-order valence-electron chi connectivity index (χ3n) is 4.07. The molecule has 8 heteroatoms. The number of carbonyl (C=O) groups is 1. The van der Waals surface area contributed by atoms with Gasteiger partial charge in [-0.1, -0.05) is 42.1 Å². The van der Waals surface area contributed by atoms with Crippen LogP contribution in [0.1, 0.15) is 6.92 Å². The van der Waals surface area contributed by atoms with Crippen molar-refractivity contribution in [1.82, 2.24) is 14.5 Å². The smallest absolute Gasteiger partial charge is 0.266 e. The Morgan fingerprint density at radius 3 is 2.64 bits per heavy atom. The Morgan fingerprint density at radius 1 is 1.14 bits per heavy atom. The minimum absolute atomic E-state index is 0.160. The van der Waals surface area contributed by atoms with Gasteiger partial charge in [-0.2, -0.15) is 0 Å². The fourth-order valence-corrected chi connectivity index (χ4v) is 4.16. The van der Waals surface area contributed by atoms with Crippen molar-refractivity contribution in [2.45, 2.75) is 17.3 Å². The van der Waals surface area contributed by atoms with Gasteiger partial charge < -0.3 is 5.32 Å². The Kier molecular flexibility index (Phi) is 5.23. The normalized spacial score (nSPS) is 12.0. The van der Waals surface area contributed by atoms with Crippen molar-refractivity contribution in [3.63, 3.8) is 0 Å². The quantitative estimate of drug-likeness (QED) is 0.399. The molecule has 28 heavy (non-hydrogen) atoms. The van der Waals surface area contributed by atoms with Gasteiger partial charge in [0.2, 0.25) is 5.91 Å². The number of fused-ring (bicyclic) bond motifs is 1. The minimum Gasteiger partial charge on any atom is -0.301 e. The predicted octanol–water partition coefficient (Wildman–Crippen LogP) is 3.96. The molecule has 0 aliphatic heterocycles. The van der Waals surface area contributed by atoms with Gasteiger partial charge in [0.25, 0.3) is 5.56 Å². The van der Waals surface area contributed by atoms with Gasteiger partial charge in [0.05, 0.1) is 21.8 Å². The first-order valence-electron chi connectivity index (χ1n) is 8.58.